The molecule has 1 atom stereocenters. The highest BCUT2D eigenvalue weighted by molar-refractivity contribution is 6.29. The number of methoxy groups -OCH3 is 1. The average molecular weight is 419 g/mol. The fourth-order valence-corrected chi connectivity index (χ4v) is 3.12. The van der Waals surface area contributed by atoms with Gasteiger partial charge in [0.1, 0.15) is 17.2 Å². The van der Waals surface area contributed by atoms with Crippen LogP contribution in [0.15, 0.2) is 30.7 Å². The fraction of sp³-hybridized carbons (Fsp3) is 0.222. The molecule has 4 aromatic heterocycles. The first-order valence-corrected chi connectivity index (χ1v) is 8.99. The van der Waals surface area contributed by atoms with Gasteiger partial charge in [0.2, 0.25) is 5.28 Å². The third-order valence-corrected chi connectivity index (χ3v) is 4.40. The van der Waals surface area contributed by atoms with Crippen molar-refractivity contribution in [2.75, 3.05) is 13.7 Å². The number of H-pyrrole nitrogens is 1. The Hall–Kier alpha value is -3.24. The molecular formula is C18H16ClFN6O3. The van der Waals surface area contributed by atoms with Gasteiger partial charge < -0.3 is 19.8 Å². The van der Waals surface area contributed by atoms with Crippen LogP contribution in [0.3, 0.4) is 0 Å². The predicted octanol–water partition coefficient (Wildman–Crippen LogP) is 3.19. The second kappa shape index (κ2) is 7.64. The molecule has 0 aliphatic rings. The number of carbonyl (C=O) groups excluding carboxylic acids is 1. The molecule has 29 heavy (non-hydrogen) atoms. The molecule has 11 heteroatoms. The molecule has 0 aromatic carbocycles. The zero-order valence-corrected chi connectivity index (χ0v) is 16.2. The predicted molar refractivity (Wildman–Crippen MR) is 104 cm³/mol. The lowest BCUT2D eigenvalue weighted by atomic mass is 10.2. The van der Waals surface area contributed by atoms with Crippen LogP contribution >= 0.6 is 11.6 Å². The highest BCUT2D eigenvalue weighted by Gasteiger charge is 2.18. The Labute approximate surface area is 168 Å². The highest BCUT2D eigenvalue weighted by Crippen LogP contribution is 2.29. The molecule has 0 fully saturated rings. The van der Waals surface area contributed by atoms with Crippen molar-refractivity contribution >= 4 is 34.4 Å². The minimum Gasteiger partial charge on any atom is -0.406 e. The molecule has 0 unspecified atom stereocenters. The van der Waals surface area contributed by atoms with Crippen LogP contribution in [0.2, 0.25) is 5.28 Å². The van der Waals surface area contributed by atoms with Crippen molar-refractivity contribution in [1.29, 1.82) is 0 Å². The molecule has 0 bridgehead atoms. The van der Waals surface area contributed by atoms with Crippen LogP contribution in [0.5, 0.6) is 5.75 Å². The standard InChI is InChI=1S/C18H16ClFN6O3/c1-9(8-28-2)23-18(27)29-13-6-22-16-15(13)24-11(5-21-16)14-12-4-3-10(20)7-26(12)17(19)25-14/h3-7,9H,8H2,1-2H3,(H,21,22)(H,23,27)/t9-/m0/s1. The Balaban J connectivity index is 1.68. The number of carbonyl (C=O) groups is 1. The minimum absolute atomic E-state index is 0.0912. The maximum atomic E-state index is 13.5. The molecule has 1 amide bonds. The summed E-state index contributed by atoms with van der Waals surface area (Å²) < 4.78 is 25.2. The van der Waals surface area contributed by atoms with Gasteiger partial charge in [-0.3, -0.25) is 4.40 Å². The van der Waals surface area contributed by atoms with Crippen LogP contribution in [0.4, 0.5) is 9.18 Å². The second-order valence-corrected chi connectivity index (χ2v) is 6.67. The maximum Gasteiger partial charge on any atom is 0.413 e. The molecule has 0 aliphatic heterocycles. The number of pyridine rings is 1. The van der Waals surface area contributed by atoms with Crippen LogP contribution in [0.1, 0.15) is 6.92 Å². The first-order chi connectivity index (χ1) is 14.0. The number of amides is 1. The van der Waals surface area contributed by atoms with Crippen LogP contribution in [0.25, 0.3) is 28.1 Å². The van der Waals surface area contributed by atoms with Crippen molar-refractivity contribution in [3.05, 3.63) is 41.8 Å². The van der Waals surface area contributed by atoms with Crippen molar-refractivity contribution in [3.8, 4) is 17.1 Å². The Morgan fingerprint density at radius 2 is 2.24 bits per heavy atom. The van der Waals surface area contributed by atoms with E-state index in [0.29, 0.717) is 34.7 Å². The van der Waals surface area contributed by atoms with Crippen LogP contribution < -0.4 is 10.1 Å². The Morgan fingerprint density at radius 3 is 3.03 bits per heavy atom. The Morgan fingerprint density at radius 1 is 1.41 bits per heavy atom. The topological polar surface area (TPSA) is 106 Å². The van der Waals surface area contributed by atoms with Crippen LogP contribution in [-0.2, 0) is 4.74 Å². The van der Waals surface area contributed by atoms with Gasteiger partial charge in [-0.25, -0.2) is 24.1 Å². The molecule has 0 aliphatic carbocycles. The normalized spacial score (nSPS) is 12.4. The van der Waals surface area contributed by atoms with Crippen LogP contribution in [-0.4, -0.2) is 50.2 Å². The number of nitrogens with zero attached hydrogens (tertiary/aromatic N) is 4. The van der Waals surface area contributed by atoms with Gasteiger partial charge in [0.15, 0.2) is 16.9 Å². The van der Waals surface area contributed by atoms with E-state index in [1.807, 2.05) is 0 Å². The first kappa shape index (κ1) is 19.1. The van der Waals surface area contributed by atoms with Gasteiger partial charge in [0.25, 0.3) is 0 Å². The van der Waals surface area contributed by atoms with E-state index >= 15 is 0 Å². The number of aromatic amines is 1. The summed E-state index contributed by atoms with van der Waals surface area (Å²) in [6.07, 6.45) is 3.58. The van der Waals surface area contributed by atoms with E-state index in [9.17, 15) is 9.18 Å². The van der Waals surface area contributed by atoms with Gasteiger partial charge in [-0.05, 0) is 30.7 Å². The van der Waals surface area contributed by atoms with E-state index in [1.54, 1.807) is 20.1 Å². The number of nitrogens with one attached hydrogen (secondary N) is 2. The molecule has 150 valence electrons. The number of rotatable bonds is 5. The van der Waals surface area contributed by atoms with E-state index in [4.69, 9.17) is 21.1 Å². The van der Waals surface area contributed by atoms with Gasteiger partial charge in [-0.2, -0.15) is 0 Å². The van der Waals surface area contributed by atoms with Crippen LogP contribution in [0, 0.1) is 5.82 Å². The molecule has 4 aromatic rings. The summed E-state index contributed by atoms with van der Waals surface area (Å²) in [4.78, 5) is 28.0. The van der Waals surface area contributed by atoms with Gasteiger partial charge in [0.05, 0.1) is 24.4 Å². The van der Waals surface area contributed by atoms with E-state index in [-0.39, 0.29) is 17.1 Å². The van der Waals surface area contributed by atoms with Gasteiger partial charge in [0, 0.05) is 19.5 Å². The zero-order chi connectivity index (χ0) is 20.5. The quantitative estimate of drug-likeness (QED) is 0.515. The number of hydrogen-bond donors (Lipinski definition) is 2. The molecule has 0 radical (unpaired) electrons. The number of halogens is 2. The lowest BCUT2D eigenvalue weighted by molar-refractivity contribution is 0.159. The summed E-state index contributed by atoms with van der Waals surface area (Å²) >= 11 is 6.11. The Kier molecular flexibility index (Phi) is 5.03. The number of imidazole rings is 1. The van der Waals surface area contributed by atoms with E-state index in [0.717, 1.165) is 0 Å². The smallest absolute Gasteiger partial charge is 0.406 e. The summed E-state index contributed by atoms with van der Waals surface area (Å²) in [7, 11) is 1.54. The molecule has 0 spiro atoms. The molecule has 2 N–H and O–H groups in total. The van der Waals surface area contributed by atoms with Gasteiger partial charge in [-0.1, -0.05) is 0 Å². The molecule has 4 rings (SSSR count). The highest BCUT2D eigenvalue weighted by atomic mass is 35.5. The SMILES string of the molecule is COC[C@H](C)NC(=O)Oc1c[nH]c2ncc(-c3nc(Cl)n4cc(F)ccc34)nc12. The third-order valence-electron chi connectivity index (χ3n) is 4.13. The average Bonchev–Trinajstić information content (AvgIpc) is 3.22. The summed E-state index contributed by atoms with van der Waals surface area (Å²) in [6, 6.07) is 2.63. The number of hydrogen-bond acceptors (Lipinski definition) is 6. The molecular weight excluding hydrogens is 403 g/mol. The van der Waals surface area contributed by atoms with Crippen molar-refractivity contribution in [2.24, 2.45) is 0 Å². The maximum absolute atomic E-state index is 13.5. The minimum atomic E-state index is -0.645. The number of fused-ring (bicyclic) bond motifs is 2. The van der Waals surface area contributed by atoms with Gasteiger partial charge in [-0.15, -0.1) is 0 Å². The lowest BCUT2D eigenvalue weighted by Gasteiger charge is -2.12. The monoisotopic (exact) mass is 418 g/mol. The van der Waals surface area contributed by atoms with E-state index < -0.39 is 11.9 Å². The molecule has 9 nitrogen and oxygen atoms in total. The summed E-state index contributed by atoms with van der Waals surface area (Å²) in [5.41, 5.74) is 2.16. The number of ether oxygens (including phenoxy) is 2. The number of aromatic nitrogens is 5. The largest absolute Gasteiger partial charge is 0.413 e. The summed E-state index contributed by atoms with van der Waals surface area (Å²) in [5.74, 6) is -0.239. The second-order valence-electron chi connectivity index (χ2n) is 6.33. The molecule has 0 saturated carbocycles. The first-order valence-electron chi connectivity index (χ1n) is 8.61. The Bertz CT molecular complexity index is 1210. The van der Waals surface area contributed by atoms with E-state index in [1.165, 1.54) is 29.1 Å². The lowest BCUT2D eigenvalue weighted by Crippen LogP contribution is -2.37. The summed E-state index contributed by atoms with van der Waals surface area (Å²) in [5, 5.41) is 2.74. The van der Waals surface area contributed by atoms with Crippen molar-refractivity contribution in [2.45, 2.75) is 13.0 Å². The third kappa shape index (κ3) is 3.71. The summed E-state index contributed by atoms with van der Waals surface area (Å²) in [6.45, 7) is 2.13. The molecule has 0 saturated heterocycles. The van der Waals surface area contributed by atoms with Crippen molar-refractivity contribution in [1.82, 2.24) is 29.7 Å². The molecule has 4 heterocycles. The van der Waals surface area contributed by atoms with E-state index in [2.05, 4.69) is 25.3 Å². The zero-order valence-electron chi connectivity index (χ0n) is 15.4. The van der Waals surface area contributed by atoms with Gasteiger partial charge >= 0.3 is 6.09 Å². The fourth-order valence-electron chi connectivity index (χ4n) is 2.90. The van der Waals surface area contributed by atoms with Crippen molar-refractivity contribution < 1.29 is 18.7 Å². The van der Waals surface area contributed by atoms with Crippen molar-refractivity contribution in [3.63, 3.8) is 0 Å².